The summed E-state index contributed by atoms with van der Waals surface area (Å²) in [7, 11) is -3.88. The summed E-state index contributed by atoms with van der Waals surface area (Å²) in [6.45, 7) is 5.95. The number of imide groups is 1. The summed E-state index contributed by atoms with van der Waals surface area (Å²) in [6.07, 6.45) is 6.10. The zero-order valence-electron chi connectivity index (χ0n) is 19.0. The second kappa shape index (κ2) is 9.31. The van der Waals surface area contributed by atoms with Crippen LogP contribution in [0.1, 0.15) is 72.1 Å². The lowest BCUT2D eigenvalue weighted by molar-refractivity contribution is -0.143. The van der Waals surface area contributed by atoms with Crippen molar-refractivity contribution in [3.05, 3.63) is 24.3 Å². The van der Waals surface area contributed by atoms with E-state index in [-0.39, 0.29) is 34.4 Å². The number of benzene rings is 1. The van der Waals surface area contributed by atoms with Crippen LogP contribution in [0.25, 0.3) is 0 Å². The molecule has 0 bridgehead atoms. The second-order valence-electron chi connectivity index (χ2n) is 10.0. The molecule has 1 aromatic carbocycles. The Balaban J connectivity index is 1.91. The standard InChI is InChI=1S/C23H33N3O5S/c1-23(2,3)15-21(28)25(16-8-6-4-5-7-9-16)19-14-20(27)26(22(19)29)17-10-12-18(13-11-17)32(24,30)31/h10-13,16,19H,4-9,14-15H2,1-3H3,(H2,24,30,31). The molecule has 3 rings (SSSR count). The van der Waals surface area contributed by atoms with Crippen LogP contribution in [0.2, 0.25) is 0 Å². The fourth-order valence-electron chi connectivity index (χ4n) is 4.60. The van der Waals surface area contributed by atoms with Crippen LogP contribution >= 0.6 is 0 Å². The van der Waals surface area contributed by atoms with Gasteiger partial charge in [-0.05, 0) is 42.5 Å². The topological polar surface area (TPSA) is 118 Å². The van der Waals surface area contributed by atoms with Crippen LogP contribution in [0, 0.1) is 5.41 Å². The maximum atomic E-state index is 13.4. The maximum Gasteiger partial charge on any atom is 0.257 e. The van der Waals surface area contributed by atoms with Gasteiger partial charge in [-0.3, -0.25) is 14.4 Å². The van der Waals surface area contributed by atoms with Gasteiger partial charge >= 0.3 is 0 Å². The first kappa shape index (κ1) is 24.4. The van der Waals surface area contributed by atoms with Crippen LogP contribution in [0.3, 0.4) is 0 Å². The van der Waals surface area contributed by atoms with Crippen molar-refractivity contribution in [1.29, 1.82) is 0 Å². The molecular weight excluding hydrogens is 430 g/mol. The van der Waals surface area contributed by atoms with E-state index in [0.29, 0.717) is 6.42 Å². The van der Waals surface area contributed by atoms with Crippen LogP contribution < -0.4 is 10.0 Å². The van der Waals surface area contributed by atoms with Crippen molar-refractivity contribution in [2.75, 3.05) is 4.90 Å². The van der Waals surface area contributed by atoms with Gasteiger partial charge in [0.25, 0.3) is 5.91 Å². The fraction of sp³-hybridized carbons (Fsp3) is 0.609. The number of hydrogen-bond donors (Lipinski definition) is 1. The summed E-state index contributed by atoms with van der Waals surface area (Å²) in [4.78, 5) is 42.3. The number of primary sulfonamides is 1. The average Bonchev–Trinajstić information content (AvgIpc) is 2.85. The molecular formula is C23H33N3O5S. The monoisotopic (exact) mass is 463 g/mol. The van der Waals surface area contributed by atoms with Crippen molar-refractivity contribution in [3.8, 4) is 0 Å². The molecule has 1 atom stereocenters. The minimum absolute atomic E-state index is 0.0567. The summed E-state index contributed by atoms with van der Waals surface area (Å²) in [5.41, 5.74) is 0.0357. The molecule has 2 fully saturated rings. The molecule has 8 nitrogen and oxygen atoms in total. The molecule has 32 heavy (non-hydrogen) atoms. The Hall–Kier alpha value is -2.26. The van der Waals surface area contributed by atoms with Crippen LogP contribution in [-0.4, -0.2) is 43.1 Å². The number of carbonyl (C=O) groups is 3. The Morgan fingerprint density at radius 2 is 1.62 bits per heavy atom. The van der Waals surface area contributed by atoms with Gasteiger partial charge in [0.2, 0.25) is 21.8 Å². The van der Waals surface area contributed by atoms with Gasteiger partial charge in [0, 0.05) is 12.5 Å². The normalized spacial score (nSPS) is 21.0. The SMILES string of the molecule is CC(C)(C)CC(=O)N(C1CCCCCC1)C1CC(=O)N(c2ccc(S(N)(=O)=O)cc2)C1=O. The summed E-state index contributed by atoms with van der Waals surface area (Å²) in [6, 6.07) is 4.44. The number of nitrogens with zero attached hydrogens (tertiary/aromatic N) is 2. The van der Waals surface area contributed by atoms with Gasteiger partial charge in [0.15, 0.2) is 0 Å². The van der Waals surface area contributed by atoms with E-state index < -0.39 is 27.9 Å². The molecule has 1 saturated heterocycles. The van der Waals surface area contributed by atoms with Gasteiger partial charge in [-0.2, -0.15) is 0 Å². The third-order valence-corrected chi connectivity index (χ3v) is 7.00. The molecule has 1 heterocycles. The Bertz CT molecular complexity index is 974. The van der Waals surface area contributed by atoms with E-state index in [0.717, 1.165) is 43.4 Å². The van der Waals surface area contributed by atoms with Crippen molar-refractivity contribution in [1.82, 2.24) is 4.90 Å². The summed E-state index contributed by atoms with van der Waals surface area (Å²) < 4.78 is 23.0. The predicted molar refractivity (Wildman–Crippen MR) is 121 cm³/mol. The van der Waals surface area contributed by atoms with Gasteiger partial charge in [0.05, 0.1) is 17.0 Å². The van der Waals surface area contributed by atoms with Gasteiger partial charge in [-0.15, -0.1) is 0 Å². The van der Waals surface area contributed by atoms with Gasteiger partial charge in [-0.1, -0.05) is 46.5 Å². The molecule has 1 saturated carbocycles. The lowest BCUT2D eigenvalue weighted by Crippen LogP contribution is -2.51. The molecule has 9 heteroatoms. The third kappa shape index (κ3) is 5.56. The molecule has 0 aromatic heterocycles. The Morgan fingerprint density at radius 1 is 1.06 bits per heavy atom. The molecule has 0 radical (unpaired) electrons. The van der Waals surface area contributed by atoms with E-state index in [9.17, 15) is 22.8 Å². The lowest BCUT2D eigenvalue weighted by atomic mass is 9.90. The highest BCUT2D eigenvalue weighted by Gasteiger charge is 2.46. The highest BCUT2D eigenvalue weighted by Crippen LogP contribution is 2.33. The first-order chi connectivity index (χ1) is 14.9. The summed E-state index contributed by atoms with van der Waals surface area (Å²) in [5, 5.41) is 5.14. The minimum Gasteiger partial charge on any atom is -0.327 e. The number of anilines is 1. The van der Waals surface area contributed by atoms with Crippen LogP contribution in [0.5, 0.6) is 0 Å². The molecule has 2 N–H and O–H groups in total. The molecule has 176 valence electrons. The van der Waals surface area contributed by atoms with E-state index in [1.54, 1.807) is 4.90 Å². The maximum absolute atomic E-state index is 13.4. The Morgan fingerprint density at radius 3 is 2.12 bits per heavy atom. The lowest BCUT2D eigenvalue weighted by Gasteiger charge is -2.36. The summed E-state index contributed by atoms with van der Waals surface area (Å²) in [5.74, 6) is -0.933. The zero-order chi connectivity index (χ0) is 23.7. The molecule has 1 aliphatic carbocycles. The smallest absolute Gasteiger partial charge is 0.257 e. The highest BCUT2D eigenvalue weighted by atomic mass is 32.2. The Kier molecular flexibility index (Phi) is 7.09. The largest absolute Gasteiger partial charge is 0.327 e. The van der Waals surface area contributed by atoms with Crippen LogP contribution in [-0.2, 0) is 24.4 Å². The van der Waals surface area contributed by atoms with E-state index in [1.807, 2.05) is 20.8 Å². The summed E-state index contributed by atoms with van der Waals surface area (Å²) >= 11 is 0. The number of nitrogens with two attached hydrogens (primary N) is 1. The van der Waals surface area contributed by atoms with Crippen LogP contribution in [0.4, 0.5) is 5.69 Å². The predicted octanol–water partition coefficient (Wildman–Crippen LogP) is 2.95. The van der Waals surface area contributed by atoms with Gasteiger partial charge in [-0.25, -0.2) is 18.5 Å². The van der Waals surface area contributed by atoms with E-state index in [2.05, 4.69) is 0 Å². The molecule has 3 amide bonds. The fourth-order valence-corrected chi connectivity index (χ4v) is 5.12. The average molecular weight is 464 g/mol. The number of rotatable bonds is 5. The first-order valence-corrected chi connectivity index (χ1v) is 12.7. The second-order valence-corrected chi connectivity index (χ2v) is 11.6. The zero-order valence-corrected chi connectivity index (χ0v) is 19.9. The number of hydrogen-bond acceptors (Lipinski definition) is 5. The molecule has 1 unspecified atom stereocenters. The van der Waals surface area contributed by atoms with E-state index in [4.69, 9.17) is 5.14 Å². The molecule has 1 aromatic rings. The third-order valence-electron chi connectivity index (χ3n) is 6.07. The van der Waals surface area contributed by atoms with Crippen molar-refractivity contribution < 1.29 is 22.8 Å². The molecule has 2 aliphatic rings. The van der Waals surface area contributed by atoms with Crippen molar-refractivity contribution >= 4 is 33.4 Å². The quantitative estimate of drug-likeness (QED) is 0.532. The van der Waals surface area contributed by atoms with Gasteiger partial charge < -0.3 is 4.90 Å². The van der Waals surface area contributed by atoms with Crippen LogP contribution in [0.15, 0.2) is 29.2 Å². The van der Waals surface area contributed by atoms with Gasteiger partial charge in [0.1, 0.15) is 6.04 Å². The number of amides is 3. The number of carbonyl (C=O) groups excluding carboxylic acids is 3. The first-order valence-electron chi connectivity index (χ1n) is 11.2. The minimum atomic E-state index is -3.88. The molecule has 1 aliphatic heterocycles. The van der Waals surface area contributed by atoms with Crippen molar-refractivity contribution in [2.45, 2.75) is 89.1 Å². The molecule has 0 spiro atoms. The van der Waals surface area contributed by atoms with E-state index >= 15 is 0 Å². The highest BCUT2D eigenvalue weighted by molar-refractivity contribution is 7.89. The number of sulfonamides is 1. The Labute approximate surface area is 190 Å². The van der Waals surface area contributed by atoms with E-state index in [1.165, 1.54) is 24.3 Å². The van der Waals surface area contributed by atoms with Crippen molar-refractivity contribution in [3.63, 3.8) is 0 Å². The van der Waals surface area contributed by atoms with Crippen molar-refractivity contribution in [2.24, 2.45) is 10.6 Å².